The number of carboxylic acids is 1. The smallest absolute Gasteiger partial charge is 0.392 e. The number of rotatable bonds is 9. The molecule has 2 aromatic rings. The first-order valence-electron chi connectivity index (χ1n) is 8.36. The fourth-order valence-electron chi connectivity index (χ4n) is 2.54. The summed E-state index contributed by atoms with van der Waals surface area (Å²) in [5.41, 5.74) is 3.46. The highest BCUT2D eigenvalue weighted by Gasteiger charge is 2.09. The Labute approximate surface area is 149 Å². The van der Waals surface area contributed by atoms with Crippen molar-refractivity contribution < 1.29 is 14.9 Å². The molecule has 0 aromatic heterocycles. The molecule has 0 aliphatic heterocycles. The first-order chi connectivity index (χ1) is 12.0. The molecule has 0 radical (unpaired) electrons. The van der Waals surface area contributed by atoms with Crippen LogP contribution >= 0.6 is 0 Å². The van der Waals surface area contributed by atoms with Gasteiger partial charge < -0.3 is 14.9 Å². The molecule has 0 saturated heterocycles. The Kier molecular flexibility index (Phi) is 7.16. The first-order valence-corrected chi connectivity index (χ1v) is 8.36. The van der Waals surface area contributed by atoms with Crippen molar-refractivity contribution in [2.75, 3.05) is 32.1 Å². The number of nitrogens with one attached hydrogen (secondary N) is 1. The number of hydrogen-bond acceptors (Lipinski definition) is 3. The Hall–Kier alpha value is -2.66. The van der Waals surface area contributed by atoms with Crippen molar-refractivity contribution in [2.24, 2.45) is 0 Å². The zero-order valence-corrected chi connectivity index (χ0v) is 14.9. The highest BCUT2D eigenvalue weighted by atomic mass is 16.4. The van der Waals surface area contributed by atoms with E-state index in [9.17, 15) is 4.79 Å². The van der Waals surface area contributed by atoms with Crippen molar-refractivity contribution >= 4 is 17.9 Å². The molecule has 0 atom stereocenters. The van der Waals surface area contributed by atoms with Gasteiger partial charge in [0.2, 0.25) is 6.21 Å². The molecule has 0 amide bonds. The third kappa shape index (κ3) is 6.77. The van der Waals surface area contributed by atoms with Gasteiger partial charge in [-0.05, 0) is 31.8 Å². The molecule has 2 N–H and O–H groups in total. The number of aliphatic carboxylic acids is 1. The van der Waals surface area contributed by atoms with E-state index in [0.29, 0.717) is 6.54 Å². The molecule has 5 nitrogen and oxygen atoms in total. The number of nitrogens with zero attached hydrogens (tertiary/aromatic N) is 2. The van der Waals surface area contributed by atoms with Gasteiger partial charge in [0.25, 0.3) is 0 Å². The van der Waals surface area contributed by atoms with E-state index in [1.165, 1.54) is 5.56 Å². The second kappa shape index (κ2) is 9.59. The third-order valence-electron chi connectivity index (χ3n) is 3.84. The van der Waals surface area contributed by atoms with Gasteiger partial charge in [-0.1, -0.05) is 42.5 Å². The van der Waals surface area contributed by atoms with Crippen LogP contribution in [0, 0.1) is 0 Å². The molecule has 5 heteroatoms. The Morgan fingerprint density at radius 1 is 1.04 bits per heavy atom. The Balaban J connectivity index is 2.16. The Bertz CT molecular complexity index is 699. The standard InChI is InChI=1S/C20H25N3O2/c1-22(2)11-12-23(16-17-7-4-3-5-8-17)19-10-6-9-18(13-19)14-21-15-20(24)25/h3-10,13,15H,11-12,14,16H2,1-2H3,(H,24,25)/p+1. The van der Waals surface area contributed by atoms with Crippen LogP contribution in [0.1, 0.15) is 11.1 Å². The number of benzene rings is 2. The van der Waals surface area contributed by atoms with E-state index in [0.717, 1.165) is 37.1 Å². The highest BCUT2D eigenvalue weighted by Crippen LogP contribution is 2.18. The number of likely N-dealkylation sites (N-methyl/N-ethyl adjacent to an activating group) is 1. The summed E-state index contributed by atoms with van der Waals surface area (Å²) in [6, 6.07) is 18.6. The maximum Gasteiger partial charge on any atom is 0.392 e. The lowest BCUT2D eigenvalue weighted by Crippen LogP contribution is -2.68. The minimum atomic E-state index is -0.965. The predicted molar refractivity (Wildman–Crippen MR) is 101 cm³/mol. The van der Waals surface area contributed by atoms with E-state index >= 15 is 0 Å². The molecule has 132 valence electrons. The lowest BCUT2D eigenvalue weighted by atomic mass is 10.1. The monoisotopic (exact) mass is 340 g/mol. The van der Waals surface area contributed by atoms with E-state index in [1.807, 2.05) is 18.2 Å². The first kappa shape index (κ1) is 18.7. The summed E-state index contributed by atoms with van der Waals surface area (Å²) in [5, 5.41) is 8.69. The normalized spacial score (nSPS) is 11.2. The number of hydrogen-bond donors (Lipinski definition) is 2. The number of carbonyl (C=O) groups is 1. The topological polar surface area (TPSA) is 57.8 Å². The van der Waals surface area contributed by atoms with Gasteiger partial charge in [0.1, 0.15) is 0 Å². The van der Waals surface area contributed by atoms with Crippen LogP contribution in [0.2, 0.25) is 0 Å². The largest absolute Gasteiger partial charge is 0.474 e. The van der Waals surface area contributed by atoms with Crippen LogP contribution in [-0.4, -0.2) is 49.4 Å². The van der Waals surface area contributed by atoms with Crippen LogP contribution in [-0.2, 0) is 17.9 Å². The zero-order chi connectivity index (χ0) is 18.1. The van der Waals surface area contributed by atoms with Crippen molar-refractivity contribution in [1.29, 1.82) is 0 Å². The van der Waals surface area contributed by atoms with Gasteiger partial charge in [-0.2, -0.15) is 0 Å². The fraction of sp³-hybridized carbons (Fsp3) is 0.300. The van der Waals surface area contributed by atoms with Gasteiger partial charge in [-0.3, -0.25) is 0 Å². The number of carboxylic acid groups (broad SMARTS) is 1. The number of anilines is 1. The van der Waals surface area contributed by atoms with Crippen molar-refractivity contribution in [3.63, 3.8) is 0 Å². The van der Waals surface area contributed by atoms with E-state index < -0.39 is 5.97 Å². The van der Waals surface area contributed by atoms with E-state index in [4.69, 9.17) is 5.11 Å². The van der Waals surface area contributed by atoms with E-state index in [1.54, 1.807) is 0 Å². The second-order valence-corrected chi connectivity index (χ2v) is 6.24. The summed E-state index contributed by atoms with van der Waals surface area (Å²) < 4.78 is 0. The van der Waals surface area contributed by atoms with E-state index in [-0.39, 0.29) is 0 Å². The van der Waals surface area contributed by atoms with Gasteiger partial charge in [0.15, 0.2) is 6.54 Å². The third-order valence-corrected chi connectivity index (χ3v) is 3.84. The average Bonchev–Trinajstić information content (AvgIpc) is 2.59. The molecule has 0 fully saturated rings. The molecule has 2 aromatic carbocycles. The average molecular weight is 340 g/mol. The zero-order valence-electron chi connectivity index (χ0n) is 14.9. The summed E-state index contributed by atoms with van der Waals surface area (Å²) in [7, 11) is 4.14. The van der Waals surface area contributed by atoms with Crippen LogP contribution < -0.4 is 9.89 Å². The Morgan fingerprint density at radius 2 is 1.76 bits per heavy atom. The van der Waals surface area contributed by atoms with Crippen LogP contribution in [0.15, 0.2) is 54.6 Å². The van der Waals surface area contributed by atoms with Crippen molar-refractivity contribution in [1.82, 2.24) is 4.90 Å². The maximum atomic E-state index is 10.6. The van der Waals surface area contributed by atoms with Gasteiger partial charge in [0, 0.05) is 30.9 Å². The van der Waals surface area contributed by atoms with Gasteiger partial charge in [0.05, 0.1) is 0 Å². The summed E-state index contributed by atoms with van der Waals surface area (Å²) in [6.45, 7) is 3.21. The molecule has 0 heterocycles. The second-order valence-electron chi connectivity index (χ2n) is 6.24. The lowest BCUT2D eigenvalue weighted by Gasteiger charge is -2.27. The van der Waals surface area contributed by atoms with Crippen LogP contribution in [0.5, 0.6) is 0 Å². The molecule has 0 bridgehead atoms. The fourth-order valence-corrected chi connectivity index (χ4v) is 2.54. The van der Waals surface area contributed by atoms with Crippen LogP contribution in [0.4, 0.5) is 5.69 Å². The SMILES string of the molecule is CN(C)CCN(Cc1ccccc1)c1cccc(C[NH+]=CC(=O)O)c1. The quantitative estimate of drug-likeness (QED) is 0.669. The van der Waals surface area contributed by atoms with Crippen molar-refractivity contribution in [3.8, 4) is 0 Å². The molecule has 0 saturated carbocycles. The lowest BCUT2D eigenvalue weighted by molar-refractivity contribution is -0.469. The molecule has 0 aliphatic rings. The molecule has 0 aliphatic carbocycles. The summed E-state index contributed by atoms with van der Waals surface area (Å²) >= 11 is 0. The predicted octanol–water partition coefficient (Wildman–Crippen LogP) is 0.991. The Morgan fingerprint density at radius 3 is 2.44 bits per heavy atom. The van der Waals surface area contributed by atoms with Crippen LogP contribution in [0.25, 0.3) is 0 Å². The molecule has 25 heavy (non-hydrogen) atoms. The summed E-state index contributed by atoms with van der Waals surface area (Å²) in [5.74, 6) is -0.965. The van der Waals surface area contributed by atoms with E-state index in [2.05, 4.69) is 65.3 Å². The molecular formula is C20H26N3O2+. The molecule has 0 spiro atoms. The molecule has 2 rings (SSSR count). The van der Waals surface area contributed by atoms with Gasteiger partial charge in [-0.15, -0.1) is 0 Å². The molecule has 0 unspecified atom stereocenters. The van der Waals surface area contributed by atoms with Gasteiger partial charge in [-0.25, -0.2) is 9.79 Å². The minimum Gasteiger partial charge on any atom is -0.474 e. The minimum absolute atomic E-state index is 0.493. The molecular weight excluding hydrogens is 314 g/mol. The summed E-state index contributed by atoms with van der Waals surface area (Å²) in [4.78, 5) is 17.9. The maximum absolute atomic E-state index is 10.6. The van der Waals surface area contributed by atoms with Crippen molar-refractivity contribution in [3.05, 3.63) is 65.7 Å². The highest BCUT2D eigenvalue weighted by molar-refractivity contribution is 6.19. The van der Waals surface area contributed by atoms with Crippen LogP contribution in [0.3, 0.4) is 0 Å². The summed E-state index contributed by atoms with van der Waals surface area (Å²) in [6.07, 6.45) is 1.07. The van der Waals surface area contributed by atoms with Gasteiger partial charge >= 0.3 is 5.97 Å². The van der Waals surface area contributed by atoms with Crippen molar-refractivity contribution in [2.45, 2.75) is 13.1 Å².